The minimum Gasteiger partial charge on any atom is -0.247 e. The minimum atomic E-state index is 0.804. The van der Waals surface area contributed by atoms with E-state index in [2.05, 4.69) is 125 Å². The highest BCUT2D eigenvalue weighted by Crippen LogP contribution is 2.36. The average Bonchev–Trinajstić information content (AvgIpc) is 3.88. The van der Waals surface area contributed by atoms with Gasteiger partial charge in [0.05, 0.1) is 33.1 Å². The highest BCUT2D eigenvalue weighted by molar-refractivity contribution is 7.16. The Kier molecular flexibility index (Phi) is 5.16. The molecule has 0 aliphatic carbocycles. The Bertz CT molecular complexity index is 2480. The van der Waals surface area contributed by atoms with Crippen molar-refractivity contribution in [2.24, 2.45) is 0 Å². The van der Waals surface area contributed by atoms with Gasteiger partial charge < -0.3 is 0 Å². The molecule has 0 unspecified atom stereocenters. The Balaban J connectivity index is 1.37. The van der Waals surface area contributed by atoms with Crippen molar-refractivity contribution in [1.29, 1.82) is 0 Å². The predicted octanol–water partition coefficient (Wildman–Crippen LogP) is 10.2. The first-order chi connectivity index (χ1) is 22.0. The summed E-state index contributed by atoms with van der Waals surface area (Å²) in [6, 6.07) is 32.8. The molecular formula is C36H24N6S3. The van der Waals surface area contributed by atoms with Crippen LogP contribution >= 0.6 is 34.0 Å². The minimum absolute atomic E-state index is 0.804. The highest BCUT2D eigenvalue weighted by atomic mass is 32.1. The fraction of sp³-hybridized carbons (Fsp3) is 0.0833. The SMILES string of the molecule is Cc1ccc(-c2ccc3nc4n(c3c2)c2nc3ccc(-c5ccc(C)s5)cc3n2c2nc3ccc(-c5ccc(C)s5)cc3n42)s1. The molecule has 45 heavy (non-hydrogen) atoms. The molecule has 0 N–H and O–H groups in total. The predicted molar refractivity (Wildman–Crippen MR) is 189 cm³/mol. The second-order valence-electron chi connectivity index (χ2n) is 11.6. The maximum atomic E-state index is 5.24. The molecule has 0 bridgehead atoms. The molecule has 0 saturated carbocycles. The smallest absolute Gasteiger partial charge is 0.225 e. The first kappa shape index (κ1) is 25.5. The largest absolute Gasteiger partial charge is 0.247 e. The van der Waals surface area contributed by atoms with Crippen molar-refractivity contribution in [3.63, 3.8) is 0 Å². The number of fused-ring (bicyclic) bond motifs is 12. The van der Waals surface area contributed by atoms with Crippen LogP contribution in [0.15, 0.2) is 91.0 Å². The summed E-state index contributed by atoms with van der Waals surface area (Å²) >= 11 is 5.43. The molecule has 0 saturated heterocycles. The summed E-state index contributed by atoms with van der Waals surface area (Å²) < 4.78 is 6.64. The van der Waals surface area contributed by atoms with Crippen molar-refractivity contribution in [1.82, 2.24) is 28.2 Å². The molecule has 9 heteroatoms. The van der Waals surface area contributed by atoms with Gasteiger partial charge in [-0.2, -0.15) is 0 Å². The second kappa shape index (κ2) is 9.10. The van der Waals surface area contributed by atoms with Crippen molar-refractivity contribution in [3.05, 3.63) is 106 Å². The maximum Gasteiger partial charge on any atom is 0.225 e. The fourth-order valence-electron chi connectivity index (χ4n) is 6.46. The summed E-state index contributed by atoms with van der Waals surface area (Å²) in [7, 11) is 0. The molecule has 0 radical (unpaired) electrons. The number of aromatic nitrogens is 6. The van der Waals surface area contributed by atoms with Gasteiger partial charge in [0.25, 0.3) is 0 Å². The van der Waals surface area contributed by atoms with Crippen molar-refractivity contribution in [2.75, 3.05) is 0 Å². The molecule has 10 rings (SSSR count). The van der Waals surface area contributed by atoms with Gasteiger partial charge >= 0.3 is 0 Å². The number of hydrogen-bond donors (Lipinski definition) is 0. The van der Waals surface area contributed by atoms with Gasteiger partial charge in [0.15, 0.2) is 0 Å². The molecule has 216 valence electrons. The Morgan fingerprint density at radius 3 is 0.978 bits per heavy atom. The Morgan fingerprint density at radius 2 is 0.711 bits per heavy atom. The van der Waals surface area contributed by atoms with E-state index in [1.165, 1.54) is 46.0 Å². The number of rotatable bonds is 3. The molecule has 7 aromatic heterocycles. The molecule has 0 spiro atoms. The average molecular weight is 637 g/mol. The molecule has 0 fully saturated rings. The molecule has 0 aliphatic rings. The quantitative estimate of drug-likeness (QED) is 0.194. The van der Waals surface area contributed by atoms with E-state index in [1.807, 2.05) is 34.0 Å². The van der Waals surface area contributed by atoms with E-state index in [4.69, 9.17) is 15.0 Å². The fourth-order valence-corrected chi connectivity index (χ4v) is 9.05. The van der Waals surface area contributed by atoms with Gasteiger partial charge in [-0.15, -0.1) is 34.0 Å². The van der Waals surface area contributed by atoms with E-state index in [0.29, 0.717) is 0 Å². The molecule has 6 nitrogen and oxygen atoms in total. The van der Waals surface area contributed by atoms with Crippen LogP contribution in [-0.4, -0.2) is 28.2 Å². The van der Waals surface area contributed by atoms with Gasteiger partial charge in [-0.05, 0) is 110 Å². The number of aryl methyl sites for hydroxylation is 3. The third-order valence-electron chi connectivity index (χ3n) is 8.58. The van der Waals surface area contributed by atoms with Crippen molar-refractivity contribution < 1.29 is 0 Å². The first-order valence-corrected chi connectivity index (χ1v) is 17.2. The molecule has 10 aromatic rings. The lowest BCUT2D eigenvalue weighted by molar-refractivity contribution is 1.01. The monoisotopic (exact) mass is 636 g/mol. The number of hydrogen-bond acceptors (Lipinski definition) is 6. The summed E-state index contributed by atoms with van der Waals surface area (Å²) in [5.74, 6) is 2.41. The zero-order valence-corrected chi connectivity index (χ0v) is 27.0. The van der Waals surface area contributed by atoms with Crippen LogP contribution in [0.5, 0.6) is 0 Å². The zero-order valence-electron chi connectivity index (χ0n) is 24.6. The number of benzene rings is 3. The van der Waals surface area contributed by atoms with Gasteiger partial charge in [-0.25, -0.2) is 28.2 Å². The van der Waals surface area contributed by atoms with Gasteiger partial charge in [-0.3, -0.25) is 0 Å². The van der Waals surface area contributed by atoms with E-state index < -0.39 is 0 Å². The van der Waals surface area contributed by atoms with E-state index in [1.54, 1.807) is 0 Å². The van der Waals surface area contributed by atoms with Crippen LogP contribution in [0.2, 0.25) is 0 Å². The molecule has 0 atom stereocenters. The van der Waals surface area contributed by atoms with Crippen LogP contribution in [-0.2, 0) is 0 Å². The van der Waals surface area contributed by atoms with Crippen LogP contribution in [0.4, 0.5) is 0 Å². The Morgan fingerprint density at radius 1 is 0.400 bits per heavy atom. The van der Waals surface area contributed by atoms with Gasteiger partial charge in [0.2, 0.25) is 17.3 Å². The van der Waals surface area contributed by atoms with Crippen LogP contribution in [0.3, 0.4) is 0 Å². The lowest BCUT2D eigenvalue weighted by Crippen LogP contribution is -2.04. The lowest BCUT2D eigenvalue weighted by Gasteiger charge is -2.06. The van der Waals surface area contributed by atoms with E-state index in [-0.39, 0.29) is 0 Å². The number of nitrogens with zero attached hydrogens (tertiary/aromatic N) is 6. The third kappa shape index (κ3) is 3.69. The van der Waals surface area contributed by atoms with Crippen molar-refractivity contribution in [3.8, 4) is 31.3 Å². The topological polar surface area (TPSA) is 51.9 Å². The Labute approximate surface area is 269 Å². The van der Waals surface area contributed by atoms with E-state index in [0.717, 1.165) is 50.4 Å². The first-order valence-electron chi connectivity index (χ1n) is 14.8. The van der Waals surface area contributed by atoms with Crippen LogP contribution in [0, 0.1) is 20.8 Å². The van der Waals surface area contributed by atoms with Crippen molar-refractivity contribution >= 4 is 84.4 Å². The third-order valence-corrected chi connectivity index (χ3v) is 11.7. The summed E-state index contributed by atoms with van der Waals surface area (Å²) in [6.07, 6.45) is 0. The molecule has 0 aliphatic heterocycles. The maximum absolute atomic E-state index is 5.24. The van der Waals surface area contributed by atoms with Crippen LogP contribution in [0.1, 0.15) is 14.6 Å². The normalized spacial score (nSPS) is 12.3. The molecule has 7 heterocycles. The van der Waals surface area contributed by atoms with Crippen LogP contribution < -0.4 is 0 Å². The van der Waals surface area contributed by atoms with E-state index in [9.17, 15) is 0 Å². The Hall–Kier alpha value is -4.83. The number of thiophene rings is 3. The summed E-state index contributed by atoms with van der Waals surface area (Å²) in [5.41, 5.74) is 9.39. The van der Waals surface area contributed by atoms with Crippen LogP contribution in [0.25, 0.3) is 81.8 Å². The molecule has 0 amide bonds. The summed E-state index contributed by atoms with van der Waals surface area (Å²) in [6.45, 7) is 6.46. The second-order valence-corrected chi connectivity index (χ2v) is 15.4. The lowest BCUT2D eigenvalue weighted by atomic mass is 10.1. The summed E-state index contributed by atoms with van der Waals surface area (Å²) in [4.78, 5) is 23.3. The van der Waals surface area contributed by atoms with Crippen molar-refractivity contribution in [2.45, 2.75) is 20.8 Å². The molecular weight excluding hydrogens is 613 g/mol. The van der Waals surface area contributed by atoms with Gasteiger partial charge in [0, 0.05) is 29.3 Å². The number of imidazole rings is 3. The molecule has 3 aromatic carbocycles. The van der Waals surface area contributed by atoms with Gasteiger partial charge in [0.1, 0.15) is 0 Å². The standard InChI is InChI=1S/C36H24N6S3/c1-19-4-13-31(43-19)22-7-10-25-28(16-22)40-34(37-25)41-30-18-24(33-15-6-21(3)45-33)9-12-27(30)39-36(41)42-29-17-23(32-14-5-20(2)44-32)8-11-26(29)38-35(40)42/h4-18H,1-3H3. The van der Waals surface area contributed by atoms with Gasteiger partial charge in [-0.1, -0.05) is 18.2 Å². The zero-order chi connectivity index (χ0) is 30.0. The summed E-state index contributed by atoms with van der Waals surface area (Å²) in [5, 5.41) is 0. The van der Waals surface area contributed by atoms with E-state index >= 15 is 0 Å². The highest BCUT2D eigenvalue weighted by Gasteiger charge is 2.22.